The number of carbonyl (C=O) groups excluding carboxylic acids is 2. The molecule has 2 aliphatic rings. The lowest BCUT2D eigenvalue weighted by Crippen LogP contribution is -2.52. The fraction of sp³-hybridized carbons (Fsp3) is 0.600. The van der Waals surface area contributed by atoms with Crippen molar-refractivity contribution >= 4 is 12.1 Å². The maximum Gasteiger partial charge on any atom is 0.409 e. The summed E-state index contributed by atoms with van der Waals surface area (Å²) >= 11 is 0. The first kappa shape index (κ1) is 20.1. The molecule has 3 amide bonds. The van der Waals surface area contributed by atoms with Gasteiger partial charge in [0.15, 0.2) is 11.5 Å². The zero-order valence-electron chi connectivity index (χ0n) is 16.7. The molecule has 8 nitrogen and oxygen atoms in total. The number of nitrogens with zero attached hydrogens (tertiary/aromatic N) is 1. The Morgan fingerprint density at radius 2 is 1.86 bits per heavy atom. The average Bonchev–Trinajstić information content (AvgIpc) is 2.68. The Balaban J connectivity index is 1.52. The molecule has 0 aliphatic carbocycles. The summed E-state index contributed by atoms with van der Waals surface area (Å²) in [5.41, 5.74) is 0.356. The summed E-state index contributed by atoms with van der Waals surface area (Å²) in [4.78, 5) is 26.0. The number of amides is 3. The molecular weight excluding hydrogens is 362 g/mol. The van der Waals surface area contributed by atoms with Crippen LogP contribution in [0.1, 0.15) is 39.2 Å². The third-order valence-corrected chi connectivity index (χ3v) is 5.05. The second-order valence-electron chi connectivity index (χ2n) is 7.54. The maximum absolute atomic E-state index is 12.5. The molecule has 0 bridgehead atoms. The van der Waals surface area contributed by atoms with Gasteiger partial charge in [-0.2, -0.15) is 0 Å². The first-order chi connectivity index (χ1) is 13.4. The van der Waals surface area contributed by atoms with E-state index in [-0.39, 0.29) is 18.2 Å². The van der Waals surface area contributed by atoms with Crippen LogP contribution >= 0.6 is 0 Å². The topological polar surface area (TPSA) is 89.1 Å². The highest BCUT2D eigenvalue weighted by Gasteiger charge is 2.28. The van der Waals surface area contributed by atoms with Gasteiger partial charge >= 0.3 is 12.1 Å². The summed E-state index contributed by atoms with van der Waals surface area (Å²) in [6.45, 7) is 8.28. The van der Waals surface area contributed by atoms with Crippen molar-refractivity contribution < 1.29 is 23.8 Å². The summed E-state index contributed by atoms with van der Waals surface area (Å²) in [5, 5.41) is 6.04. The van der Waals surface area contributed by atoms with Gasteiger partial charge in [-0.3, -0.25) is 0 Å². The summed E-state index contributed by atoms with van der Waals surface area (Å²) in [7, 11) is 0. The van der Waals surface area contributed by atoms with Gasteiger partial charge in [-0.05, 0) is 51.3 Å². The van der Waals surface area contributed by atoms with Crippen LogP contribution in [0.2, 0.25) is 0 Å². The van der Waals surface area contributed by atoms with Gasteiger partial charge in [0.1, 0.15) is 13.2 Å². The van der Waals surface area contributed by atoms with E-state index in [1.54, 1.807) is 11.8 Å². The predicted octanol–water partition coefficient (Wildman–Crippen LogP) is 2.61. The predicted molar refractivity (Wildman–Crippen MR) is 104 cm³/mol. The number of likely N-dealkylation sites (tertiary alicyclic amines) is 1. The normalized spacial score (nSPS) is 17.0. The van der Waals surface area contributed by atoms with Crippen LogP contribution in [-0.2, 0) is 10.3 Å². The number of benzene rings is 1. The van der Waals surface area contributed by atoms with E-state index in [0.29, 0.717) is 51.5 Å². The van der Waals surface area contributed by atoms with Crippen molar-refractivity contribution in [2.45, 2.75) is 45.2 Å². The summed E-state index contributed by atoms with van der Waals surface area (Å²) < 4.78 is 16.2. The number of hydrogen-bond acceptors (Lipinski definition) is 5. The Bertz CT molecular complexity index is 714. The van der Waals surface area contributed by atoms with Gasteiger partial charge in [0.25, 0.3) is 0 Å². The van der Waals surface area contributed by atoms with E-state index < -0.39 is 5.54 Å². The van der Waals surface area contributed by atoms with Gasteiger partial charge in [0.2, 0.25) is 0 Å². The molecule has 2 aliphatic heterocycles. The van der Waals surface area contributed by atoms with Gasteiger partial charge in [-0.25, -0.2) is 9.59 Å². The van der Waals surface area contributed by atoms with Crippen molar-refractivity contribution in [3.63, 3.8) is 0 Å². The zero-order valence-corrected chi connectivity index (χ0v) is 16.7. The van der Waals surface area contributed by atoms with E-state index >= 15 is 0 Å². The van der Waals surface area contributed by atoms with Crippen molar-refractivity contribution in [1.82, 2.24) is 15.5 Å². The fourth-order valence-electron chi connectivity index (χ4n) is 3.43. The molecule has 8 heteroatoms. The van der Waals surface area contributed by atoms with E-state index in [0.717, 1.165) is 11.3 Å². The van der Waals surface area contributed by atoms with E-state index in [9.17, 15) is 9.59 Å². The highest BCUT2D eigenvalue weighted by Crippen LogP contribution is 2.34. The number of carbonyl (C=O) groups is 2. The molecule has 0 saturated carbocycles. The first-order valence-electron chi connectivity index (χ1n) is 9.79. The van der Waals surface area contributed by atoms with E-state index in [1.807, 2.05) is 32.0 Å². The van der Waals surface area contributed by atoms with E-state index in [1.165, 1.54) is 0 Å². The van der Waals surface area contributed by atoms with Gasteiger partial charge in [-0.15, -0.1) is 0 Å². The Morgan fingerprint density at radius 3 is 2.54 bits per heavy atom. The van der Waals surface area contributed by atoms with Gasteiger partial charge in [-0.1, -0.05) is 6.07 Å². The molecule has 2 heterocycles. The smallest absolute Gasteiger partial charge is 0.409 e. The molecule has 3 rings (SSSR count). The van der Waals surface area contributed by atoms with Crippen molar-refractivity contribution in [3.8, 4) is 11.5 Å². The fourth-order valence-corrected chi connectivity index (χ4v) is 3.43. The van der Waals surface area contributed by atoms with E-state index in [4.69, 9.17) is 14.2 Å². The van der Waals surface area contributed by atoms with E-state index in [2.05, 4.69) is 10.6 Å². The molecule has 2 N–H and O–H groups in total. The molecule has 0 radical (unpaired) electrons. The molecule has 0 spiro atoms. The van der Waals surface area contributed by atoms with Crippen LogP contribution in [0.25, 0.3) is 0 Å². The monoisotopic (exact) mass is 391 g/mol. The molecule has 0 aromatic heterocycles. The highest BCUT2D eigenvalue weighted by molar-refractivity contribution is 5.75. The number of rotatable bonds is 4. The largest absolute Gasteiger partial charge is 0.486 e. The Morgan fingerprint density at radius 1 is 1.18 bits per heavy atom. The standard InChI is InChI=1S/C20H29N3O5/c1-4-26-19(25)23-9-7-15(8-10-23)21-18(24)22-20(2,3)14-5-6-16-17(13-14)28-12-11-27-16/h5-6,13,15H,4,7-12H2,1-3H3,(H2,21,22,24). The third-order valence-electron chi connectivity index (χ3n) is 5.05. The molecule has 28 heavy (non-hydrogen) atoms. The van der Waals surface area contributed by atoms with Crippen molar-refractivity contribution in [2.24, 2.45) is 0 Å². The summed E-state index contributed by atoms with van der Waals surface area (Å²) in [6.07, 6.45) is 1.12. The Labute approximate surface area is 165 Å². The second kappa shape index (κ2) is 8.58. The molecule has 1 fully saturated rings. The number of fused-ring (bicyclic) bond motifs is 1. The molecule has 0 atom stereocenters. The summed E-state index contributed by atoms with van der Waals surface area (Å²) in [5.74, 6) is 1.42. The quantitative estimate of drug-likeness (QED) is 0.824. The minimum absolute atomic E-state index is 0.0294. The maximum atomic E-state index is 12.5. The van der Waals surface area contributed by atoms with Crippen LogP contribution in [0.15, 0.2) is 18.2 Å². The van der Waals surface area contributed by atoms with Crippen LogP contribution in [0.3, 0.4) is 0 Å². The minimum atomic E-state index is -0.578. The van der Waals surface area contributed by atoms with Crippen LogP contribution in [0.4, 0.5) is 9.59 Å². The Hall–Kier alpha value is -2.64. The van der Waals surface area contributed by atoms with Crippen LogP contribution < -0.4 is 20.1 Å². The van der Waals surface area contributed by atoms with Crippen LogP contribution in [-0.4, -0.2) is 56.0 Å². The number of nitrogens with one attached hydrogen (secondary N) is 2. The first-order valence-corrected chi connectivity index (χ1v) is 9.79. The molecule has 154 valence electrons. The van der Waals surface area contributed by atoms with Crippen molar-refractivity contribution in [3.05, 3.63) is 23.8 Å². The molecule has 0 unspecified atom stereocenters. The number of piperidine rings is 1. The van der Waals surface area contributed by atoms with Gasteiger partial charge in [0, 0.05) is 19.1 Å². The lowest BCUT2D eigenvalue weighted by atomic mass is 9.94. The zero-order chi connectivity index (χ0) is 20.1. The average molecular weight is 391 g/mol. The second-order valence-corrected chi connectivity index (χ2v) is 7.54. The van der Waals surface area contributed by atoms with Crippen LogP contribution in [0.5, 0.6) is 11.5 Å². The lowest BCUT2D eigenvalue weighted by molar-refractivity contribution is 0.0956. The number of ether oxygens (including phenoxy) is 3. The number of hydrogen-bond donors (Lipinski definition) is 2. The third kappa shape index (κ3) is 4.79. The van der Waals surface area contributed by atoms with Crippen molar-refractivity contribution in [1.29, 1.82) is 0 Å². The molecule has 1 aromatic rings. The van der Waals surface area contributed by atoms with Gasteiger partial charge < -0.3 is 29.7 Å². The van der Waals surface area contributed by atoms with Crippen molar-refractivity contribution in [2.75, 3.05) is 32.9 Å². The highest BCUT2D eigenvalue weighted by atomic mass is 16.6. The summed E-state index contributed by atoms with van der Waals surface area (Å²) in [6, 6.07) is 5.52. The number of urea groups is 1. The van der Waals surface area contributed by atoms with Gasteiger partial charge in [0.05, 0.1) is 12.1 Å². The SMILES string of the molecule is CCOC(=O)N1CCC(NC(=O)NC(C)(C)c2ccc3c(c2)OCCO3)CC1. The lowest BCUT2D eigenvalue weighted by Gasteiger charge is -2.33. The molecular formula is C20H29N3O5. The minimum Gasteiger partial charge on any atom is -0.486 e. The molecule has 1 saturated heterocycles. The van der Waals surface area contributed by atoms with Crippen LogP contribution in [0, 0.1) is 0 Å². The Kier molecular flexibility index (Phi) is 6.16. The molecule has 1 aromatic carbocycles.